The number of rotatable bonds is 10. The normalized spacial score (nSPS) is 21.2. The van der Waals surface area contributed by atoms with Crippen LogP contribution in [0.15, 0.2) is 42.5 Å². The Hall–Kier alpha value is -2.28. The third-order valence-electron chi connectivity index (χ3n) is 6.81. The highest BCUT2D eigenvalue weighted by atomic mass is 35.5. The molecule has 2 saturated heterocycles. The van der Waals surface area contributed by atoms with Gasteiger partial charge in [0.05, 0.1) is 11.6 Å². The van der Waals surface area contributed by atoms with Gasteiger partial charge in [-0.3, -0.25) is 9.69 Å². The van der Waals surface area contributed by atoms with Crippen molar-refractivity contribution in [3.8, 4) is 11.5 Å². The zero-order valence-corrected chi connectivity index (χ0v) is 21.4. The van der Waals surface area contributed by atoms with Crippen LogP contribution in [0.1, 0.15) is 49.7 Å². The Balaban J connectivity index is 1.21. The molecule has 0 saturated carbocycles. The lowest BCUT2D eigenvalue weighted by atomic mass is 9.93. The van der Waals surface area contributed by atoms with E-state index in [2.05, 4.69) is 17.0 Å². The number of ether oxygens (including phenoxy) is 2. The number of aryl methyl sites for hydroxylation is 1. The molecule has 2 aliphatic heterocycles. The summed E-state index contributed by atoms with van der Waals surface area (Å²) >= 11 is 6.25. The van der Waals surface area contributed by atoms with E-state index in [0.29, 0.717) is 36.8 Å². The fourth-order valence-corrected chi connectivity index (χ4v) is 5.06. The molecule has 0 unspecified atom stereocenters. The average molecular weight is 501 g/mol. The van der Waals surface area contributed by atoms with Crippen LogP contribution in [0.3, 0.4) is 0 Å². The Morgan fingerprint density at radius 2 is 1.89 bits per heavy atom. The molecule has 1 amide bonds. The number of nitrogens with zero attached hydrogens (tertiary/aromatic N) is 2. The van der Waals surface area contributed by atoms with Crippen LogP contribution in [0.4, 0.5) is 0 Å². The van der Waals surface area contributed by atoms with Gasteiger partial charge in [-0.05, 0) is 81.0 Å². The number of β-amino-alcohol motifs (C(OH)–C–C–N with tert-alkyl or cyclic N) is 1. The van der Waals surface area contributed by atoms with Crippen molar-refractivity contribution in [2.45, 2.75) is 57.6 Å². The molecule has 1 N–H and O–H groups in total. The lowest BCUT2D eigenvalue weighted by molar-refractivity contribution is -0.133. The first-order valence-corrected chi connectivity index (χ1v) is 13.1. The van der Waals surface area contributed by atoms with Crippen molar-refractivity contribution in [3.63, 3.8) is 0 Å². The van der Waals surface area contributed by atoms with Crippen LogP contribution in [-0.4, -0.2) is 65.8 Å². The number of likely N-dealkylation sites (tertiary alicyclic amines) is 2. The highest BCUT2D eigenvalue weighted by Gasteiger charge is 2.34. The minimum Gasteiger partial charge on any atom is -0.494 e. The number of hydrogen-bond acceptors (Lipinski definition) is 5. The largest absolute Gasteiger partial charge is 0.494 e. The van der Waals surface area contributed by atoms with Crippen LogP contribution in [0.2, 0.25) is 5.02 Å². The van der Waals surface area contributed by atoms with Crippen LogP contribution >= 0.6 is 11.6 Å². The van der Waals surface area contributed by atoms with Gasteiger partial charge in [0.2, 0.25) is 5.91 Å². The Labute approximate surface area is 213 Å². The van der Waals surface area contributed by atoms with Crippen molar-refractivity contribution in [3.05, 3.63) is 58.6 Å². The van der Waals surface area contributed by atoms with E-state index in [-0.39, 0.29) is 12.5 Å². The molecule has 0 radical (unpaired) electrons. The molecule has 1 atom stereocenters. The first-order chi connectivity index (χ1) is 16.9. The second-order valence-electron chi connectivity index (χ2n) is 9.94. The lowest BCUT2D eigenvalue weighted by Gasteiger charge is -2.39. The number of halogens is 1. The molecule has 0 aromatic heterocycles. The van der Waals surface area contributed by atoms with Crippen LogP contribution in [-0.2, 0) is 11.3 Å². The van der Waals surface area contributed by atoms with Crippen molar-refractivity contribution in [2.75, 3.05) is 39.4 Å². The predicted octanol–water partition coefficient (Wildman–Crippen LogP) is 4.84. The van der Waals surface area contributed by atoms with Crippen LogP contribution < -0.4 is 9.47 Å². The minimum absolute atomic E-state index is 0.225. The second kappa shape index (κ2) is 12.1. The summed E-state index contributed by atoms with van der Waals surface area (Å²) in [7, 11) is 0. The van der Waals surface area contributed by atoms with Gasteiger partial charge in [-0.15, -0.1) is 0 Å². The summed E-state index contributed by atoms with van der Waals surface area (Å²) in [5.41, 5.74) is 1.36. The second-order valence-corrected chi connectivity index (χ2v) is 10.4. The standard InChI is InChI=1S/C28H37ClN2O4/c1-22-7-12-25(29)26(18-22)35-21-28(33)13-4-14-30(20-28)19-23-8-10-24(11-9-23)34-17-5-16-31-15-3-2-6-27(31)32/h7-12,18,33H,2-6,13-17,19-21H2,1H3/t28-/m0/s1. The molecule has 2 aromatic carbocycles. The Kier molecular flexibility index (Phi) is 8.93. The number of hydrogen-bond donors (Lipinski definition) is 1. The van der Waals surface area contributed by atoms with Gasteiger partial charge in [0, 0.05) is 32.6 Å². The Morgan fingerprint density at radius 1 is 1.06 bits per heavy atom. The van der Waals surface area contributed by atoms with Crippen molar-refractivity contribution in [2.24, 2.45) is 0 Å². The van der Waals surface area contributed by atoms with Crippen molar-refractivity contribution >= 4 is 17.5 Å². The van der Waals surface area contributed by atoms with E-state index in [1.807, 2.05) is 42.2 Å². The summed E-state index contributed by atoms with van der Waals surface area (Å²) in [6.45, 7) is 6.75. The summed E-state index contributed by atoms with van der Waals surface area (Å²) in [5.74, 6) is 1.74. The first-order valence-electron chi connectivity index (χ1n) is 12.7. The molecular weight excluding hydrogens is 464 g/mol. The minimum atomic E-state index is -0.899. The molecule has 7 heteroatoms. The van der Waals surface area contributed by atoms with Crippen LogP contribution in [0.25, 0.3) is 0 Å². The number of carbonyl (C=O) groups excluding carboxylic acids is 1. The van der Waals surface area contributed by atoms with Crippen molar-refractivity contribution in [1.82, 2.24) is 9.80 Å². The zero-order chi connectivity index (χ0) is 24.7. The molecule has 4 rings (SSSR count). The number of piperidine rings is 2. The summed E-state index contributed by atoms with van der Waals surface area (Å²) in [4.78, 5) is 16.1. The molecule has 35 heavy (non-hydrogen) atoms. The van der Waals surface area contributed by atoms with Gasteiger partial charge >= 0.3 is 0 Å². The molecule has 2 fully saturated rings. The molecule has 2 heterocycles. The maximum atomic E-state index is 11.9. The smallest absolute Gasteiger partial charge is 0.222 e. The van der Waals surface area contributed by atoms with Crippen LogP contribution in [0.5, 0.6) is 11.5 Å². The summed E-state index contributed by atoms with van der Waals surface area (Å²) < 4.78 is 11.8. The molecule has 2 aliphatic rings. The van der Waals surface area contributed by atoms with E-state index < -0.39 is 5.60 Å². The van der Waals surface area contributed by atoms with Gasteiger partial charge in [-0.1, -0.05) is 29.8 Å². The molecule has 0 aliphatic carbocycles. The third-order valence-corrected chi connectivity index (χ3v) is 7.12. The monoisotopic (exact) mass is 500 g/mol. The SMILES string of the molecule is Cc1ccc(Cl)c(OC[C@]2(O)CCCN(Cc3ccc(OCCCN4CCCCC4=O)cc3)C2)c1. The highest BCUT2D eigenvalue weighted by Crippen LogP contribution is 2.29. The number of amides is 1. The van der Waals surface area contributed by atoms with Gasteiger partial charge in [0.15, 0.2) is 0 Å². The third kappa shape index (κ3) is 7.60. The summed E-state index contributed by atoms with van der Waals surface area (Å²) in [6, 6.07) is 13.8. The maximum absolute atomic E-state index is 11.9. The molecule has 190 valence electrons. The first kappa shape index (κ1) is 25.8. The maximum Gasteiger partial charge on any atom is 0.222 e. The zero-order valence-electron chi connectivity index (χ0n) is 20.7. The Morgan fingerprint density at radius 3 is 2.69 bits per heavy atom. The predicted molar refractivity (Wildman–Crippen MR) is 138 cm³/mol. The van der Waals surface area contributed by atoms with E-state index in [1.54, 1.807) is 0 Å². The average Bonchev–Trinajstić information content (AvgIpc) is 2.84. The van der Waals surface area contributed by atoms with Crippen LogP contribution in [0, 0.1) is 6.92 Å². The van der Waals surface area contributed by atoms with E-state index in [0.717, 1.165) is 63.2 Å². The molecule has 6 nitrogen and oxygen atoms in total. The lowest BCUT2D eigenvalue weighted by Crippen LogP contribution is -2.51. The summed E-state index contributed by atoms with van der Waals surface area (Å²) in [6.07, 6.45) is 5.28. The van der Waals surface area contributed by atoms with E-state index in [4.69, 9.17) is 21.1 Å². The molecule has 0 spiro atoms. The van der Waals surface area contributed by atoms with E-state index in [9.17, 15) is 9.90 Å². The number of carbonyl (C=O) groups is 1. The van der Waals surface area contributed by atoms with Crippen molar-refractivity contribution in [1.29, 1.82) is 0 Å². The van der Waals surface area contributed by atoms with Crippen molar-refractivity contribution < 1.29 is 19.4 Å². The van der Waals surface area contributed by atoms with Gasteiger partial charge < -0.3 is 19.5 Å². The molecule has 2 aromatic rings. The fraction of sp³-hybridized carbons (Fsp3) is 0.536. The van der Waals surface area contributed by atoms with Gasteiger partial charge in [-0.25, -0.2) is 0 Å². The quantitative estimate of drug-likeness (QED) is 0.473. The van der Waals surface area contributed by atoms with Gasteiger partial charge in [0.25, 0.3) is 0 Å². The Bertz CT molecular complexity index is 983. The topological polar surface area (TPSA) is 62.2 Å². The molecule has 0 bridgehead atoms. The highest BCUT2D eigenvalue weighted by molar-refractivity contribution is 6.32. The van der Waals surface area contributed by atoms with E-state index >= 15 is 0 Å². The summed E-state index contributed by atoms with van der Waals surface area (Å²) in [5, 5.41) is 11.7. The van der Waals surface area contributed by atoms with Gasteiger partial charge in [-0.2, -0.15) is 0 Å². The van der Waals surface area contributed by atoms with E-state index in [1.165, 1.54) is 5.56 Å². The number of aliphatic hydroxyl groups is 1. The molecular formula is C28H37ClN2O4. The fourth-order valence-electron chi connectivity index (χ4n) is 4.89. The van der Waals surface area contributed by atoms with Gasteiger partial charge in [0.1, 0.15) is 23.7 Å². The number of benzene rings is 2.